The predicted octanol–water partition coefficient (Wildman–Crippen LogP) is 8.02. The maximum Gasteiger partial charge on any atom is 0.124 e. The van der Waals surface area contributed by atoms with Gasteiger partial charge in [-0.3, -0.25) is 0 Å². The molecule has 0 aliphatic rings. The van der Waals surface area contributed by atoms with Crippen molar-refractivity contribution in [1.29, 1.82) is 0 Å². The lowest BCUT2D eigenvalue weighted by molar-refractivity contribution is 0.630. The topological polar surface area (TPSA) is 25.8 Å². The molecule has 0 aliphatic heterocycles. The summed E-state index contributed by atoms with van der Waals surface area (Å²) in [6.07, 6.45) is 0. The Labute approximate surface area is 170 Å². The van der Waals surface area contributed by atoms with Gasteiger partial charge in [-0.1, -0.05) is 27.7 Å². The lowest BCUT2D eigenvalue weighted by Gasteiger charge is -1.96. The molecule has 0 unspecified atom stereocenters. The maximum absolute atomic E-state index is 12.6. The summed E-state index contributed by atoms with van der Waals surface area (Å²) in [5.74, 6) is -0.193. The second-order valence-corrected chi connectivity index (χ2v) is 7.95. The van der Waals surface area contributed by atoms with Crippen LogP contribution in [-0.4, -0.2) is 9.97 Å². The minimum absolute atomic E-state index is 0.193. The molecule has 0 spiro atoms. The van der Waals surface area contributed by atoms with Crippen LogP contribution in [0.1, 0.15) is 48.8 Å². The van der Waals surface area contributed by atoms with E-state index in [-0.39, 0.29) is 5.82 Å². The van der Waals surface area contributed by atoms with Crippen molar-refractivity contribution >= 4 is 43.1 Å². The fraction of sp³-hybridized carbons (Fsp3) is 0.364. The first kappa shape index (κ1) is 23.2. The van der Waals surface area contributed by atoms with Crippen molar-refractivity contribution in [2.75, 3.05) is 0 Å². The Morgan fingerprint density at radius 2 is 1.15 bits per heavy atom. The van der Waals surface area contributed by atoms with Gasteiger partial charge in [0.2, 0.25) is 0 Å². The minimum Gasteiger partial charge on any atom is -0.242 e. The summed E-state index contributed by atoms with van der Waals surface area (Å²) in [6.45, 7) is 16.2. The van der Waals surface area contributed by atoms with Gasteiger partial charge in [0, 0.05) is 0 Å². The van der Waals surface area contributed by atoms with Gasteiger partial charge in [0.05, 0.1) is 30.4 Å². The third kappa shape index (κ3) is 6.36. The number of rotatable bonds is 0. The highest BCUT2D eigenvalue weighted by atomic mass is 32.1. The van der Waals surface area contributed by atoms with Gasteiger partial charge < -0.3 is 0 Å². The number of aromatic nitrogens is 2. The smallest absolute Gasteiger partial charge is 0.124 e. The fourth-order valence-corrected chi connectivity index (χ4v) is 4.07. The van der Waals surface area contributed by atoms with Crippen LogP contribution in [0, 0.1) is 33.5 Å². The monoisotopic (exact) mass is 404 g/mol. The minimum atomic E-state index is -0.193. The number of nitrogens with zero attached hydrogens (tertiary/aromatic N) is 2. The molecule has 5 heteroatoms. The van der Waals surface area contributed by atoms with Crippen LogP contribution >= 0.6 is 22.7 Å². The van der Waals surface area contributed by atoms with Crippen LogP contribution in [0.25, 0.3) is 20.4 Å². The zero-order valence-electron chi connectivity index (χ0n) is 17.5. The third-order valence-corrected chi connectivity index (χ3v) is 5.44. The number of hydrogen-bond donors (Lipinski definition) is 0. The van der Waals surface area contributed by atoms with E-state index in [1.807, 2.05) is 34.6 Å². The number of hydrogen-bond acceptors (Lipinski definition) is 4. The van der Waals surface area contributed by atoms with E-state index in [0.29, 0.717) is 0 Å². The molecular formula is C22H29FN2S2. The first-order valence-corrected chi connectivity index (χ1v) is 10.9. The average Bonchev–Trinajstić information content (AvgIpc) is 3.19. The van der Waals surface area contributed by atoms with Crippen molar-refractivity contribution < 1.29 is 4.39 Å². The van der Waals surface area contributed by atoms with Crippen molar-refractivity contribution in [3.05, 3.63) is 57.3 Å². The Balaban J connectivity index is 0.000000229. The van der Waals surface area contributed by atoms with Gasteiger partial charge in [0.15, 0.2) is 0 Å². The van der Waals surface area contributed by atoms with Crippen molar-refractivity contribution in [3.63, 3.8) is 0 Å². The first-order chi connectivity index (χ1) is 12.9. The Hall–Kier alpha value is -1.85. The van der Waals surface area contributed by atoms with Gasteiger partial charge >= 0.3 is 0 Å². The average molecular weight is 405 g/mol. The zero-order valence-corrected chi connectivity index (χ0v) is 19.1. The highest BCUT2D eigenvalue weighted by Gasteiger charge is 2.02. The van der Waals surface area contributed by atoms with Crippen molar-refractivity contribution in [2.24, 2.45) is 0 Å². The molecule has 2 aromatic carbocycles. The van der Waals surface area contributed by atoms with Gasteiger partial charge in [-0.05, 0) is 69.2 Å². The number of aryl methyl sites for hydroxylation is 4. The van der Waals surface area contributed by atoms with Crippen molar-refractivity contribution in [2.45, 2.75) is 55.4 Å². The summed E-state index contributed by atoms with van der Waals surface area (Å²) in [4.78, 5) is 8.64. The predicted molar refractivity (Wildman–Crippen MR) is 121 cm³/mol. The van der Waals surface area contributed by atoms with E-state index >= 15 is 0 Å². The number of halogens is 1. The molecule has 0 aliphatic carbocycles. The molecule has 4 rings (SSSR count). The second-order valence-electron chi connectivity index (χ2n) is 5.48. The highest BCUT2D eigenvalue weighted by molar-refractivity contribution is 7.18. The summed E-state index contributed by atoms with van der Waals surface area (Å²) >= 11 is 3.28. The second kappa shape index (κ2) is 11.1. The molecule has 4 aromatic rings. The van der Waals surface area contributed by atoms with Crippen molar-refractivity contribution in [3.8, 4) is 0 Å². The summed E-state index contributed by atoms with van der Waals surface area (Å²) in [5, 5.41) is 2.13. The first-order valence-electron chi connectivity index (χ1n) is 9.29. The molecule has 0 amide bonds. The molecule has 2 nitrogen and oxygen atoms in total. The van der Waals surface area contributed by atoms with Crippen LogP contribution in [0.2, 0.25) is 0 Å². The largest absolute Gasteiger partial charge is 0.242 e. The summed E-state index contributed by atoms with van der Waals surface area (Å²) in [5.41, 5.74) is 4.70. The van der Waals surface area contributed by atoms with Gasteiger partial charge in [-0.2, -0.15) is 0 Å². The Morgan fingerprint density at radius 1 is 0.667 bits per heavy atom. The fourth-order valence-electron chi connectivity index (χ4n) is 2.31. The molecule has 0 radical (unpaired) electrons. The lowest BCUT2D eigenvalue weighted by atomic mass is 10.1. The zero-order chi connectivity index (χ0) is 20.6. The molecule has 0 N–H and O–H groups in total. The Bertz CT molecular complexity index is 948. The number of thiazole rings is 2. The summed E-state index contributed by atoms with van der Waals surface area (Å²) in [7, 11) is 0. The van der Waals surface area contributed by atoms with E-state index in [2.05, 4.69) is 42.9 Å². The van der Waals surface area contributed by atoms with E-state index in [9.17, 15) is 4.39 Å². The molecule has 0 fully saturated rings. The summed E-state index contributed by atoms with van der Waals surface area (Å²) < 4.78 is 14.8. The molecule has 0 saturated heterocycles. The Morgan fingerprint density at radius 3 is 1.74 bits per heavy atom. The molecule has 0 saturated carbocycles. The molecule has 0 atom stereocenters. The van der Waals surface area contributed by atoms with Gasteiger partial charge in [-0.25, -0.2) is 14.4 Å². The van der Waals surface area contributed by atoms with Gasteiger partial charge in [0.25, 0.3) is 0 Å². The van der Waals surface area contributed by atoms with Gasteiger partial charge in [-0.15, -0.1) is 22.7 Å². The highest BCUT2D eigenvalue weighted by Crippen LogP contribution is 2.24. The van der Waals surface area contributed by atoms with E-state index in [1.165, 1.54) is 39.3 Å². The van der Waals surface area contributed by atoms with Crippen LogP contribution < -0.4 is 0 Å². The molecule has 2 aromatic heterocycles. The number of benzene rings is 2. The number of fused-ring (bicyclic) bond motifs is 2. The molecule has 146 valence electrons. The van der Waals surface area contributed by atoms with Crippen LogP contribution in [0.5, 0.6) is 0 Å². The Kier molecular flexibility index (Phi) is 9.53. The van der Waals surface area contributed by atoms with Crippen LogP contribution in [0.3, 0.4) is 0 Å². The molecule has 2 heterocycles. The maximum atomic E-state index is 12.6. The SMILES string of the molecule is CC.CC.Cc1nc2cc(C)c(C)cc2s1.Cc1nc2ccc(F)cc2s1. The van der Waals surface area contributed by atoms with E-state index in [4.69, 9.17) is 0 Å². The standard InChI is InChI=1S/C10H11NS.C8H6FNS.2C2H6/c1-6-4-9-10(5-7(6)2)12-8(3)11-9;1-5-10-7-3-2-6(9)4-8(7)11-5;2*1-2/h4-5H,1-3H3;2-4H,1H3;2*1-2H3. The molecule has 27 heavy (non-hydrogen) atoms. The molecular weight excluding hydrogens is 375 g/mol. The van der Waals surface area contributed by atoms with Crippen LogP contribution in [0.15, 0.2) is 30.3 Å². The normalized spacial score (nSPS) is 9.67. The molecule has 0 bridgehead atoms. The van der Waals surface area contributed by atoms with E-state index < -0.39 is 0 Å². The summed E-state index contributed by atoms with van der Waals surface area (Å²) in [6, 6.07) is 9.03. The van der Waals surface area contributed by atoms with E-state index in [1.54, 1.807) is 17.4 Å². The van der Waals surface area contributed by atoms with Crippen molar-refractivity contribution in [1.82, 2.24) is 9.97 Å². The van der Waals surface area contributed by atoms with Crippen LogP contribution in [0.4, 0.5) is 4.39 Å². The quantitative estimate of drug-likeness (QED) is 0.296. The lowest BCUT2D eigenvalue weighted by Crippen LogP contribution is -1.79. The van der Waals surface area contributed by atoms with Gasteiger partial charge in [0.1, 0.15) is 5.82 Å². The van der Waals surface area contributed by atoms with E-state index in [0.717, 1.165) is 25.7 Å². The third-order valence-electron chi connectivity index (χ3n) is 3.57. The van der Waals surface area contributed by atoms with Crippen LogP contribution in [-0.2, 0) is 0 Å².